The molecule has 4 heteroatoms. The lowest BCUT2D eigenvalue weighted by molar-refractivity contribution is -0.693. The van der Waals surface area contributed by atoms with Crippen molar-refractivity contribution in [2.75, 3.05) is 0 Å². The predicted molar refractivity (Wildman–Crippen MR) is 59.9 cm³/mol. The van der Waals surface area contributed by atoms with E-state index < -0.39 is 0 Å². The Morgan fingerprint density at radius 3 is 1.35 bits per heavy atom. The van der Waals surface area contributed by atoms with Gasteiger partial charge in [0.2, 0.25) is 0 Å². The van der Waals surface area contributed by atoms with Gasteiger partial charge >= 0.3 is 0 Å². The van der Waals surface area contributed by atoms with Gasteiger partial charge in [0.25, 0.3) is 0 Å². The molecule has 2 rings (SSSR count). The minimum Gasteiger partial charge on any atom is -1.00 e. The maximum Gasteiger partial charge on any atom is 0.168 e. The zero-order valence-electron chi connectivity index (χ0n) is 10.1. The van der Waals surface area contributed by atoms with Gasteiger partial charge in [-0.15, -0.1) is 0 Å². The predicted octanol–water partition coefficient (Wildman–Crippen LogP) is -4.49. The second kappa shape index (κ2) is 11.4. The Morgan fingerprint density at radius 1 is 0.706 bits per heavy atom. The minimum absolute atomic E-state index is 0. The summed E-state index contributed by atoms with van der Waals surface area (Å²) < 4.78 is 4.12. The lowest BCUT2D eigenvalue weighted by Gasteiger charge is -1.84. The fraction of sp³-hybridized carbons (Fsp3) is 0.231. The highest BCUT2D eigenvalue weighted by Crippen LogP contribution is 1.74. The quantitative estimate of drug-likeness (QED) is 0.463. The van der Waals surface area contributed by atoms with E-state index in [4.69, 9.17) is 0 Å². The van der Waals surface area contributed by atoms with Gasteiger partial charge in [-0.1, -0.05) is 12.1 Å². The summed E-state index contributed by atoms with van der Waals surface area (Å²) in [4.78, 5) is 0. The van der Waals surface area contributed by atoms with E-state index in [1.807, 2.05) is 60.4 Å². The van der Waals surface area contributed by atoms with Crippen molar-refractivity contribution in [2.24, 2.45) is 7.05 Å². The smallest absolute Gasteiger partial charge is 0.168 e. The molecule has 0 spiro atoms. The summed E-state index contributed by atoms with van der Waals surface area (Å²) in [6.07, 6.45) is 8.11. The Bertz CT molecular complexity index is 366. The van der Waals surface area contributed by atoms with Crippen LogP contribution in [0.4, 0.5) is 0 Å². The van der Waals surface area contributed by atoms with Crippen molar-refractivity contribution in [1.82, 2.24) is 0 Å². The van der Waals surface area contributed by atoms with Gasteiger partial charge in [0, 0.05) is 24.3 Å². The standard InChI is InChI=1S/C7H10N.C6H8N.2ClH/c1-2-8-6-4-3-5-7-8;1-7-5-3-2-4-6-7;;/h3-7H,2H2,1H3;2-6H,1H3;2*1H/q2*+1;;/p-2. The van der Waals surface area contributed by atoms with Crippen LogP contribution in [-0.2, 0) is 13.6 Å². The molecule has 0 saturated carbocycles. The van der Waals surface area contributed by atoms with Crippen LogP contribution in [0.3, 0.4) is 0 Å². The zero-order valence-corrected chi connectivity index (χ0v) is 11.6. The average molecular weight is 273 g/mol. The van der Waals surface area contributed by atoms with Gasteiger partial charge in [0.1, 0.15) is 13.6 Å². The third-order valence-electron chi connectivity index (χ3n) is 2.01. The highest BCUT2D eigenvalue weighted by Gasteiger charge is 1.86. The van der Waals surface area contributed by atoms with Crippen molar-refractivity contribution in [1.29, 1.82) is 0 Å². The number of rotatable bonds is 1. The molecule has 0 N–H and O–H groups in total. The third kappa shape index (κ3) is 8.66. The number of hydrogen-bond acceptors (Lipinski definition) is 0. The summed E-state index contributed by atoms with van der Waals surface area (Å²) in [5.41, 5.74) is 0. The first-order chi connectivity index (χ1) is 7.33. The normalized spacial score (nSPS) is 7.88. The molecule has 17 heavy (non-hydrogen) atoms. The number of hydrogen-bond donors (Lipinski definition) is 0. The van der Waals surface area contributed by atoms with Gasteiger partial charge in [-0.2, -0.15) is 0 Å². The molecule has 0 aliphatic carbocycles. The van der Waals surface area contributed by atoms with Crippen molar-refractivity contribution >= 4 is 0 Å². The molecule has 0 bridgehead atoms. The van der Waals surface area contributed by atoms with Crippen LogP contribution in [0.1, 0.15) is 6.92 Å². The topological polar surface area (TPSA) is 7.76 Å². The van der Waals surface area contributed by atoms with Crippen LogP contribution in [0, 0.1) is 0 Å². The van der Waals surface area contributed by atoms with E-state index in [1.54, 1.807) is 0 Å². The molecule has 2 nitrogen and oxygen atoms in total. The molecule has 2 heterocycles. The van der Waals surface area contributed by atoms with Gasteiger partial charge in [0.05, 0.1) is 0 Å². The van der Waals surface area contributed by atoms with Crippen LogP contribution in [-0.4, -0.2) is 0 Å². The molecule has 0 unspecified atom stereocenters. The Morgan fingerprint density at radius 2 is 1.12 bits per heavy atom. The SMILES string of the molecule is CC[n+]1ccccc1.C[n+]1ccccc1.[Cl-].[Cl-]. The Balaban J connectivity index is 0. The molecule has 0 atom stereocenters. The summed E-state index contributed by atoms with van der Waals surface area (Å²) in [5, 5.41) is 0. The van der Waals surface area contributed by atoms with Gasteiger partial charge in [-0.3, -0.25) is 0 Å². The number of aromatic nitrogens is 2. The van der Waals surface area contributed by atoms with Crippen LogP contribution in [0.25, 0.3) is 0 Å². The minimum atomic E-state index is 0. The summed E-state index contributed by atoms with van der Waals surface area (Å²) in [7, 11) is 2.00. The van der Waals surface area contributed by atoms with Crippen LogP contribution in [0.5, 0.6) is 0 Å². The summed E-state index contributed by atoms with van der Waals surface area (Å²) in [6, 6.07) is 12.1. The highest BCUT2D eigenvalue weighted by molar-refractivity contribution is 4.83. The summed E-state index contributed by atoms with van der Waals surface area (Å²) in [5.74, 6) is 0. The Hall–Kier alpha value is -1.12. The molecule has 0 radical (unpaired) electrons. The lowest BCUT2D eigenvalue weighted by Crippen LogP contribution is -3.00. The fourth-order valence-electron chi connectivity index (χ4n) is 1.13. The number of pyridine rings is 2. The second-order valence-corrected chi connectivity index (χ2v) is 3.25. The average Bonchev–Trinajstić information content (AvgIpc) is 2.32. The van der Waals surface area contributed by atoms with E-state index in [0.717, 1.165) is 6.54 Å². The molecular formula is C13H18Cl2N2. The fourth-order valence-corrected chi connectivity index (χ4v) is 1.13. The molecular weight excluding hydrogens is 255 g/mol. The molecule has 0 amide bonds. The third-order valence-corrected chi connectivity index (χ3v) is 2.01. The second-order valence-electron chi connectivity index (χ2n) is 3.25. The van der Waals surface area contributed by atoms with Gasteiger partial charge in [-0.25, -0.2) is 9.13 Å². The maximum absolute atomic E-state index is 2.12. The van der Waals surface area contributed by atoms with Gasteiger partial charge < -0.3 is 24.8 Å². The van der Waals surface area contributed by atoms with Crippen LogP contribution in [0.15, 0.2) is 61.2 Å². The van der Waals surface area contributed by atoms with Crippen molar-refractivity contribution < 1.29 is 33.9 Å². The van der Waals surface area contributed by atoms with Crippen molar-refractivity contribution in [3.63, 3.8) is 0 Å². The Labute approximate surface area is 116 Å². The lowest BCUT2D eigenvalue weighted by atomic mass is 10.5. The Kier molecular flexibility index (Phi) is 12.2. The van der Waals surface area contributed by atoms with Gasteiger partial charge in [0.15, 0.2) is 24.8 Å². The molecule has 0 aliphatic rings. The number of halogens is 2. The largest absolute Gasteiger partial charge is 1.00 e. The van der Waals surface area contributed by atoms with Crippen LogP contribution >= 0.6 is 0 Å². The van der Waals surface area contributed by atoms with Crippen LogP contribution < -0.4 is 33.9 Å². The maximum atomic E-state index is 2.12. The first kappa shape index (κ1) is 18.3. The summed E-state index contributed by atoms with van der Waals surface area (Å²) >= 11 is 0. The van der Waals surface area contributed by atoms with Crippen LogP contribution in [0.2, 0.25) is 0 Å². The van der Waals surface area contributed by atoms with Crippen molar-refractivity contribution in [2.45, 2.75) is 13.5 Å². The molecule has 0 saturated heterocycles. The first-order valence-electron chi connectivity index (χ1n) is 5.17. The number of aryl methyl sites for hydroxylation is 2. The van der Waals surface area contributed by atoms with Crippen molar-refractivity contribution in [3.05, 3.63) is 61.2 Å². The molecule has 2 aromatic heterocycles. The van der Waals surface area contributed by atoms with E-state index in [9.17, 15) is 0 Å². The van der Waals surface area contributed by atoms with E-state index in [2.05, 4.69) is 23.9 Å². The molecule has 0 aliphatic heterocycles. The van der Waals surface area contributed by atoms with Gasteiger partial charge in [-0.05, 0) is 6.92 Å². The highest BCUT2D eigenvalue weighted by atomic mass is 35.5. The molecule has 0 aromatic carbocycles. The zero-order chi connectivity index (χ0) is 10.9. The van der Waals surface area contributed by atoms with E-state index in [-0.39, 0.29) is 24.8 Å². The van der Waals surface area contributed by atoms with E-state index in [0.29, 0.717) is 0 Å². The monoisotopic (exact) mass is 272 g/mol. The van der Waals surface area contributed by atoms with E-state index in [1.165, 1.54) is 0 Å². The number of nitrogens with zero attached hydrogens (tertiary/aromatic N) is 2. The summed E-state index contributed by atoms with van der Waals surface area (Å²) in [6.45, 7) is 3.18. The molecule has 2 aromatic rings. The van der Waals surface area contributed by atoms with Crippen molar-refractivity contribution in [3.8, 4) is 0 Å². The molecule has 94 valence electrons. The first-order valence-corrected chi connectivity index (χ1v) is 5.17. The van der Waals surface area contributed by atoms with E-state index >= 15 is 0 Å². The molecule has 0 fully saturated rings.